The van der Waals surface area contributed by atoms with Gasteiger partial charge in [0.25, 0.3) is 0 Å². The molecule has 6 heteroatoms. The minimum absolute atomic E-state index is 0.649. The summed E-state index contributed by atoms with van der Waals surface area (Å²) in [5.41, 5.74) is 0. The monoisotopic (exact) mass is 416 g/mol. The van der Waals surface area contributed by atoms with Crippen LogP contribution in [0.4, 0.5) is 0 Å². The highest BCUT2D eigenvalue weighted by atomic mass is 32.1. The van der Waals surface area contributed by atoms with Crippen molar-refractivity contribution >= 4 is 46.2 Å². The standard InChI is InChI=1S/C19H30O2P2S2/c1-3-5-12-22(20,13-6-4-2)14-9-15-23(21,18-10-7-16-24-18)19-11-8-17-25-19/h7-8,10-11,16-17H,3-6,9,12-15H2,1-2H3. The molecule has 25 heavy (non-hydrogen) atoms. The van der Waals surface area contributed by atoms with E-state index in [0.29, 0.717) is 6.16 Å². The third kappa shape index (κ3) is 5.93. The zero-order valence-electron chi connectivity index (χ0n) is 15.4. The summed E-state index contributed by atoms with van der Waals surface area (Å²) in [4.78, 5) is 0. The van der Waals surface area contributed by atoms with Crippen molar-refractivity contribution in [2.75, 3.05) is 24.6 Å². The number of unbranched alkanes of at least 4 members (excludes halogenated alkanes) is 2. The Morgan fingerprint density at radius 3 is 1.64 bits per heavy atom. The van der Waals surface area contributed by atoms with Gasteiger partial charge in [-0.1, -0.05) is 38.8 Å². The van der Waals surface area contributed by atoms with Gasteiger partial charge >= 0.3 is 0 Å². The Balaban J connectivity index is 2.07. The first-order valence-electron chi connectivity index (χ1n) is 9.28. The van der Waals surface area contributed by atoms with E-state index in [-0.39, 0.29) is 0 Å². The van der Waals surface area contributed by atoms with Crippen LogP contribution in [-0.2, 0) is 9.13 Å². The molecule has 0 aromatic carbocycles. The lowest BCUT2D eigenvalue weighted by Crippen LogP contribution is -2.14. The van der Waals surface area contributed by atoms with Crippen LogP contribution in [0.1, 0.15) is 46.0 Å². The average Bonchev–Trinajstić information content (AvgIpc) is 3.32. The molecule has 2 rings (SSSR count). The predicted octanol–water partition coefficient (Wildman–Crippen LogP) is 6.48. The van der Waals surface area contributed by atoms with E-state index in [0.717, 1.165) is 59.8 Å². The minimum atomic E-state index is -2.55. The molecule has 0 aliphatic carbocycles. The van der Waals surface area contributed by atoms with Crippen molar-refractivity contribution in [3.63, 3.8) is 0 Å². The van der Waals surface area contributed by atoms with Crippen LogP contribution in [0.3, 0.4) is 0 Å². The van der Waals surface area contributed by atoms with Crippen LogP contribution in [0.25, 0.3) is 0 Å². The lowest BCUT2D eigenvalue weighted by molar-refractivity contribution is 0.568. The lowest BCUT2D eigenvalue weighted by atomic mass is 10.4. The van der Waals surface area contributed by atoms with Crippen molar-refractivity contribution in [1.29, 1.82) is 0 Å². The quantitative estimate of drug-likeness (QED) is 0.371. The Kier molecular flexibility index (Phi) is 8.69. The Hall–Kier alpha value is -0.140. The number of hydrogen-bond acceptors (Lipinski definition) is 4. The molecule has 0 spiro atoms. The van der Waals surface area contributed by atoms with Gasteiger partial charge in [-0.15, -0.1) is 22.7 Å². The van der Waals surface area contributed by atoms with E-state index in [2.05, 4.69) is 13.8 Å². The molecule has 0 aliphatic heterocycles. The number of hydrogen-bond donors (Lipinski definition) is 0. The van der Waals surface area contributed by atoms with Gasteiger partial charge < -0.3 is 9.13 Å². The summed E-state index contributed by atoms with van der Waals surface area (Å²) >= 11 is 3.18. The van der Waals surface area contributed by atoms with E-state index in [9.17, 15) is 9.13 Å². The SMILES string of the molecule is CCCCP(=O)(CCCC)CCCP(=O)(c1cccs1)c1cccs1. The molecule has 0 radical (unpaired) electrons. The first kappa shape index (κ1) is 21.2. The number of rotatable bonds is 12. The molecule has 0 fully saturated rings. The maximum atomic E-state index is 13.8. The van der Waals surface area contributed by atoms with Crippen molar-refractivity contribution in [2.24, 2.45) is 0 Å². The fraction of sp³-hybridized carbons (Fsp3) is 0.579. The van der Waals surface area contributed by atoms with Gasteiger partial charge in [0, 0.05) is 24.6 Å². The molecule has 0 saturated heterocycles. The molecule has 2 nitrogen and oxygen atoms in total. The first-order chi connectivity index (χ1) is 12.0. The van der Waals surface area contributed by atoms with E-state index in [1.165, 1.54) is 0 Å². The van der Waals surface area contributed by atoms with Crippen LogP contribution in [0.5, 0.6) is 0 Å². The van der Waals surface area contributed by atoms with E-state index < -0.39 is 14.3 Å². The zero-order valence-corrected chi connectivity index (χ0v) is 18.8. The molecule has 0 unspecified atom stereocenters. The molecule has 0 amide bonds. The van der Waals surface area contributed by atoms with Crippen molar-refractivity contribution < 1.29 is 9.13 Å². The van der Waals surface area contributed by atoms with Crippen molar-refractivity contribution in [3.8, 4) is 0 Å². The van der Waals surface area contributed by atoms with Crippen molar-refractivity contribution in [3.05, 3.63) is 35.0 Å². The van der Waals surface area contributed by atoms with E-state index >= 15 is 0 Å². The molecule has 2 aromatic heterocycles. The minimum Gasteiger partial charge on any atom is -0.324 e. The molecule has 0 aliphatic rings. The Morgan fingerprint density at radius 2 is 1.24 bits per heavy atom. The topological polar surface area (TPSA) is 34.1 Å². The summed E-state index contributed by atoms with van der Waals surface area (Å²) < 4.78 is 29.1. The van der Waals surface area contributed by atoms with E-state index in [4.69, 9.17) is 0 Å². The lowest BCUT2D eigenvalue weighted by Gasteiger charge is -2.20. The molecule has 0 atom stereocenters. The first-order valence-corrected chi connectivity index (χ1v) is 15.2. The molecular formula is C19H30O2P2S2. The van der Waals surface area contributed by atoms with Crippen molar-refractivity contribution in [2.45, 2.75) is 46.0 Å². The normalized spacial score (nSPS) is 12.6. The van der Waals surface area contributed by atoms with Gasteiger partial charge in [0.05, 0.1) is 16.4 Å². The molecule has 0 bridgehead atoms. The van der Waals surface area contributed by atoms with Crippen LogP contribution < -0.4 is 9.24 Å². The Labute approximate surface area is 160 Å². The summed E-state index contributed by atoms with van der Waals surface area (Å²) in [5, 5.41) is 4.01. The fourth-order valence-corrected chi connectivity index (χ4v) is 12.4. The molecule has 2 aromatic rings. The summed E-state index contributed by atoms with van der Waals surface area (Å²) in [6, 6.07) is 7.96. The molecule has 140 valence electrons. The third-order valence-electron chi connectivity index (χ3n) is 4.60. The third-order valence-corrected chi connectivity index (χ3v) is 14.4. The largest absolute Gasteiger partial charge is 0.324 e. The molecular weight excluding hydrogens is 386 g/mol. The van der Waals surface area contributed by atoms with Gasteiger partial charge in [-0.2, -0.15) is 0 Å². The zero-order chi connectivity index (χ0) is 18.2. The van der Waals surface area contributed by atoms with E-state index in [1.807, 2.05) is 35.0 Å². The molecule has 0 N–H and O–H groups in total. The van der Waals surface area contributed by atoms with Crippen molar-refractivity contribution in [1.82, 2.24) is 0 Å². The van der Waals surface area contributed by atoms with Gasteiger partial charge in [0.15, 0.2) is 7.14 Å². The van der Waals surface area contributed by atoms with Crippen LogP contribution in [0.15, 0.2) is 35.0 Å². The van der Waals surface area contributed by atoms with Gasteiger partial charge in [0.1, 0.15) is 0 Å². The Bertz CT molecular complexity index is 643. The van der Waals surface area contributed by atoms with Gasteiger partial charge in [0.2, 0.25) is 0 Å². The summed E-state index contributed by atoms with van der Waals surface area (Å²) in [5.74, 6) is 0. The van der Waals surface area contributed by atoms with Gasteiger partial charge in [-0.05, 0) is 42.2 Å². The predicted molar refractivity (Wildman–Crippen MR) is 117 cm³/mol. The smallest absolute Gasteiger partial charge is 0.162 e. The molecule has 0 saturated carbocycles. The summed E-state index contributed by atoms with van der Waals surface area (Å²) in [6.45, 7) is 4.32. The highest BCUT2D eigenvalue weighted by molar-refractivity contribution is 7.86. The highest BCUT2D eigenvalue weighted by Gasteiger charge is 2.30. The summed E-state index contributed by atoms with van der Waals surface area (Å²) in [6.07, 6.45) is 8.24. The summed E-state index contributed by atoms with van der Waals surface area (Å²) in [7, 11) is -4.66. The van der Waals surface area contributed by atoms with Crippen LogP contribution in [0.2, 0.25) is 0 Å². The highest BCUT2D eigenvalue weighted by Crippen LogP contribution is 2.51. The second-order valence-corrected chi connectivity index (χ2v) is 15.5. The molecule has 2 heterocycles. The fourth-order valence-electron chi connectivity index (χ4n) is 3.09. The van der Waals surface area contributed by atoms with Gasteiger partial charge in [-0.3, -0.25) is 0 Å². The second-order valence-electron chi connectivity index (χ2n) is 6.66. The average molecular weight is 417 g/mol. The van der Waals surface area contributed by atoms with Crippen LogP contribution >= 0.6 is 37.0 Å². The van der Waals surface area contributed by atoms with Crippen LogP contribution in [-0.4, -0.2) is 24.6 Å². The van der Waals surface area contributed by atoms with Gasteiger partial charge in [-0.25, -0.2) is 0 Å². The Morgan fingerprint density at radius 1 is 0.760 bits per heavy atom. The second kappa shape index (κ2) is 10.3. The van der Waals surface area contributed by atoms with E-state index in [1.54, 1.807) is 22.7 Å². The van der Waals surface area contributed by atoms with Crippen LogP contribution in [0, 0.1) is 0 Å². The maximum Gasteiger partial charge on any atom is 0.162 e. The number of thiophene rings is 2. The maximum absolute atomic E-state index is 13.8.